The quantitative estimate of drug-likeness (QED) is 0.825. The number of rotatable bonds is 5. The number of carbonyl (C=O) groups excluding carboxylic acids is 2. The van der Waals surface area contributed by atoms with Crippen molar-refractivity contribution < 1.29 is 19.1 Å². The first-order valence-corrected chi connectivity index (χ1v) is 8.48. The molecular formula is C18H24ClNO4. The van der Waals surface area contributed by atoms with Gasteiger partial charge < -0.3 is 14.8 Å². The molecule has 1 aromatic rings. The van der Waals surface area contributed by atoms with Gasteiger partial charge in [-0.15, -0.1) is 0 Å². The molecule has 5 nitrogen and oxygen atoms in total. The Bertz CT molecular complexity index is 589. The largest absolute Gasteiger partial charge is 0.467 e. The molecule has 1 fully saturated rings. The van der Waals surface area contributed by atoms with E-state index >= 15 is 0 Å². The zero-order valence-electron chi connectivity index (χ0n) is 14.3. The Morgan fingerprint density at radius 1 is 1.29 bits per heavy atom. The van der Waals surface area contributed by atoms with E-state index in [0.29, 0.717) is 29.3 Å². The lowest BCUT2D eigenvalue weighted by atomic mass is 9.76. The van der Waals surface area contributed by atoms with Crippen LogP contribution in [0.2, 0.25) is 5.02 Å². The van der Waals surface area contributed by atoms with Crippen molar-refractivity contribution in [2.24, 2.45) is 5.92 Å². The van der Waals surface area contributed by atoms with Gasteiger partial charge in [-0.3, -0.25) is 4.79 Å². The van der Waals surface area contributed by atoms with E-state index in [0.717, 1.165) is 12.8 Å². The van der Waals surface area contributed by atoms with E-state index in [4.69, 9.17) is 21.1 Å². The molecule has 3 unspecified atom stereocenters. The third-order valence-electron chi connectivity index (χ3n) is 4.58. The normalized spacial score (nSPS) is 24.9. The van der Waals surface area contributed by atoms with E-state index in [1.807, 2.05) is 0 Å². The zero-order valence-corrected chi connectivity index (χ0v) is 15.1. The highest BCUT2D eigenvalue weighted by Crippen LogP contribution is 2.34. The summed E-state index contributed by atoms with van der Waals surface area (Å²) in [6.07, 6.45) is 2.25. The second kappa shape index (κ2) is 7.99. The highest BCUT2D eigenvalue weighted by molar-refractivity contribution is 6.30. The first-order chi connectivity index (χ1) is 11.4. The molecule has 24 heavy (non-hydrogen) atoms. The lowest BCUT2D eigenvalue weighted by Gasteiger charge is -2.38. The SMILES string of the molecule is COC(=O)C1(NC(=O)C(OC)c2ccc(Cl)cc2)CCCC(C)C1. The molecule has 6 heteroatoms. The van der Waals surface area contributed by atoms with Gasteiger partial charge >= 0.3 is 5.97 Å². The molecule has 0 heterocycles. The summed E-state index contributed by atoms with van der Waals surface area (Å²) in [5, 5.41) is 3.49. The van der Waals surface area contributed by atoms with Crippen LogP contribution in [-0.4, -0.2) is 31.6 Å². The number of methoxy groups -OCH3 is 2. The Morgan fingerprint density at radius 2 is 1.96 bits per heavy atom. The molecule has 132 valence electrons. The number of halogens is 1. The van der Waals surface area contributed by atoms with Gasteiger partial charge in [-0.1, -0.05) is 43.5 Å². The van der Waals surface area contributed by atoms with Crippen molar-refractivity contribution in [1.29, 1.82) is 0 Å². The summed E-state index contributed by atoms with van der Waals surface area (Å²) in [5.74, 6) is -0.401. The summed E-state index contributed by atoms with van der Waals surface area (Å²) in [6, 6.07) is 6.89. The molecule has 0 spiro atoms. The van der Waals surface area contributed by atoms with E-state index in [9.17, 15) is 9.59 Å². The lowest BCUT2D eigenvalue weighted by molar-refractivity contribution is -0.155. The van der Waals surface area contributed by atoms with Crippen LogP contribution in [0.25, 0.3) is 0 Å². The first kappa shape index (κ1) is 18.7. The van der Waals surface area contributed by atoms with Crippen molar-refractivity contribution in [3.63, 3.8) is 0 Å². The van der Waals surface area contributed by atoms with Crippen molar-refractivity contribution in [2.45, 2.75) is 44.2 Å². The average molecular weight is 354 g/mol. The topological polar surface area (TPSA) is 64.6 Å². The van der Waals surface area contributed by atoms with Gasteiger partial charge in [0.1, 0.15) is 5.54 Å². The number of amides is 1. The standard InChI is InChI=1S/C18H24ClNO4/c1-12-5-4-10-18(11-12,17(22)24-3)20-16(21)15(23-2)13-6-8-14(19)9-7-13/h6-9,12,15H,4-5,10-11H2,1-3H3,(H,20,21). The van der Waals surface area contributed by atoms with E-state index < -0.39 is 17.6 Å². The van der Waals surface area contributed by atoms with Crippen LogP contribution >= 0.6 is 11.6 Å². The van der Waals surface area contributed by atoms with Crippen LogP contribution in [0, 0.1) is 5.92 Å². The number of benzene rings is 1. The minimum Gasteiger partial charge on any atom is -0.467 e. The molecule has 0 aromatic heterocycles. The fourth-order valence-corrected chi connectivity index (χ4v) is 3.56. The number of ether oxygens (including phenoxy) is 2. The average Bonchev–Trinajstić information content (AvgIpc) is 2.56. The van der Waals surface area contributed by atoms with Crippen molar-refractivity contribution in [3.05, 3.63) is 34.9 Å². The molecule has 1 amide bonds. The Hall–Kier alpha value is -1.59. The minimum atomic E-state index is -0.979. The van der Waals surface area contributed by atoms with Crippen molar-refractivity contribution in [1.82, 2.24) is 5.32 Å². The highest BCUT2D eigenvalue weighted by atomic mass is 35.5. The molecule has 1 aliphatic carbocycles. The summed E-state index contributed by atoms with van der Waals surface area (Å²) >= 11 is 5.89. The summed E-state index contributed by atoms with van der Waals surface area (Å²) in [7, 11) is 2.82. The molecule has 1 saturated carbocycles. The highest BCUT2D eigenvalue weighted by Gasteiger charge is 2.45. The van der Waals surface area contributed by atoms with E-state index in [1.54, 1.807) is 24.3 Å². The Kier molecular flexibility index (Phi) is 6.24. The van der Waals surface area contributed by atoms with E-state index in [2.05, 4.69) is 12.2 Å². The van der Waals surface area contributed by atoms with Crippen LogP contribution in [0.1, 0.15) is 44.3 Å². The van der Waals surface area contributed by atoms with Gasteiger partial charge in [-0.25, -0.2) is 4.79 Å². The maximum Gasteiger partial charge on any atom is 0.331 e. The van der Waals surface area contributed by atoms with Crippen LogP contribution in [0.4, 0.5) is 0 Å². The molecule has 1 N–H and O–H groups in total. The number of esters is 1. The van der Waals surface area contributed by atoms with Crippen molar-refractivity contribution in [2.75, 3.05) is 14.2 Å². The van der Waals surface area contributed by atoms with Crippen LogP contribution < -0.4 is 5.32 Å². The number of nitrogens with one attached hydrogen (secondary N) is 1. The van der Waals surface area contributed by atoms with Crippen LogP contribution in [-0.2, 0) is 19.1 Å². The van der Waals surface area contributed by atoms with Gasteiger partial charge in [0, 0.05) is 12.1 Å². The molecule has 0 bridgehead atoms. The summed E-state index contributed by atoms with van der Waals surface area (Å²) in [6.45, 7) is 2.08. The van der Waals surface area contributed by atoms with Crippen LogP contribution in [0.3, 0.4) is 0 Å². The van der Waals surface area contributed by atoms with Gasteiger partial charge in [0.2, 0.25) is 0 Å². The Balaban J connectivity index is 2.22. The lowest BCUT2D eigenvalue weighted by Crippen LogP contribution is -2.58. The van der Waals surface area contributed by atoms with Crippen molar-refractivity contribution >= 4 is 23.5 Å². The number of hydrogen-bond acceptors (Lipinski definition) is 4. The van der Waals surface area contributed by atoms with Crippen molar-refractivity contribution in [3.8, 4) is 0 Å². The number of hydrogen-bond donors (Lipinski definition) is 1. The summed E-state index contributed by atoms with van der Waals surface area (Å²) in [5.41, 5.74) is -0.296. The second-order valence-electron chi connectivity index (χ2n) is 6.43. The molecule has 1 aliphatic rings. The molecule has 0 aliphatic heterocycles. The fourth-order valence-electron chi connectivity index (χ4n) is 3.43. The molecule has 3 atom stereocenters. The second-order valence-corrected chi connectivity index (χ2v) is 6.87. The molecular weight excluding hydrogens is 330 g/mol. The Morgan fingerprint density at radius 3 is 2.50 bits per heavy atom. The van der Waals surface area contributed by atoms with Gasteiger partial charge in [0.05, 0.1) is 7.11 Å². The molecule has 2 rings (SSSR count). The maximum atomic E-state index is 12.8. The van der Waals surface area contributed by atoms with Gasteiger partial charge in [0.25, 0.3) is 5.91 Å². The fraction of sp³-hybridized carbons (Fsp3) is 0.556. The number of carbonyl (C=O) groups is 2. The van der Waals surface area contributed by atoms with E-state index in [1.165, 1.54) is 14.2 Å². The van der Waals surface area contributed by atoms with Gasteiger partial charge in [-0.2, -0.15) is 0 Å². The summed E-state index contributed by atoms with van der Waals surface area (Å²) < 4.78 is 10.3. The third kappa shape index (κ3) is 4.08. The predicted octanol–water partition coefficient (Wildman–Crippen LogP) is 3.27. The monoisotopic (exact) mass is 353 g/mol. The van der Waals surface area contributed by atoms with Gasteiger partial charge in [0.15, 0.2) is 6.10 Å². The minimum absolute atomic E-state index is 0.342. The van der Waals surface area contributed by atoms with E-state index in [-0.39, 0.29) is 5.91 Å². The van der Waals surface area contributed by atoms with Crippen LogP contribution in [0.5, 0.6) is 0 Å². The molecule has 1 aromatic carbocycles. The van der Waals surface area contributed by atoms with Gasteiger partial charge in [-0.05, 0) is 36.5 Å². The Labute approximate surface area is 147 Å². The molecule has 0 radical (unpaired) electrons. The first-order valence-electron chi connectivity index (χ1n) is 8.10. The summed E-state index contributed by atoms with van der Waals surface area (Å²) in [4.78, 5) is 25.1. The predicted molar refractivity (Wildman–Crippen MR) is 91.7 cm³/mol. The third-order valence-corrected chi connectivity index (χ3v) is 4.83. The smallest absolute Gasteiger partial charge is 0.331 e. The zero-order chi connectivity index (χ0) is 17.7. The van der Waals surface area contributed by atoms with Crippen LogP contribution in [0.15, 0.2) is 24.3 Å². The maximum absolute atomic E-state index is 12.8. The molecule has 0 saturated heterocycles.